The molecule has 1 saturated heterocycles. The Kier molecular flexibility index (Phi) is 4.41. The van der Waals surface area contributed by atoms with Crippen LogP contribution in [0.2, 0.25) is 0 Å². The van der Waals surface area contributed by atoms with Crippen LogP contribution < -0.4 is 10.6 Å². The number of rotatable bonds is 5. The molecule has 31 heavy (non-hydrogen) atoms. The van der Waals surface area contributed by atoms with Gasteiger partial charge in [-0.2, -0.15) is 0 Å². The van der Waals surface area contributed by atoms with Gasteiger partial charge >= 0.3 is 0 Å². The molecule has 0 saturated carbocycles. The fourth-order valence-corrected chi connectivity index (χ4v) is 7.61. The predicted octanol–water partition coefficient (Wildman–Crippen LogP) is 4.94. The van der Waals surface area contributed by atoms with E-state index in [1.165, 1.54) is 0 Å². The maximum atomic E-state index is 15.2. The van der Waals surface area contributed by atoms with Gasteiger partial charge in [-0.05, 0) is 50.6 Å². The molecule has 5 rings (SSSR count). The van der Waals surface area contributed by atoms with E-state index in [0.29, 0.717) is 23.1 Å². The van der Waals surface area contributed by atoms with Crippen molar-refractivity contribution in [2.24, 2.45) is 4.99 Å². The van der Waals surface area contributed by atoms with Gasteiger partial charge in [0.05, 0.1) is 12.9 Å². The highest BCUT2D eigenvalue weighted by Crippen LogP contribution is 2.70. The Morgan fingerprint density at radius 2 is 1.39 bits per heavy atom. The second kappa shape index (κ2) is 7.19. The molecule has 0 aromatic heterocycles. The standard InChI is InChI=1S/C26H27N2O2P/c1-25(2)19-30-24(27-25)26(3)23(20-13-7-4-8-14-20)28(26)31(29,21-15-9-5-10-16-21)22-17-11-6-12-18-22/h4-18,23H,19H2,1-3H3/t23-,26-,28?/m0/s1/i23D. The van der Waals surface area contributed by atoms with Crippen LogP contribution in [-0.4, -0.2) is 28.3 Å². The summed E-state index contributed by atoms with van der Waals surface area (Å²) in [5.41, 5.74) is -0.595. The van der Waals surface area contributed by atoms with Gasteiger partial charge in [0.25, 0.3) is 0 Å². The lowest BCUT2D eigenvalue weighted by atomic mass is 10.0. The van der Waals surface area contributed by atoms with Crippen LogP contribution in [0.25, 0.3) is 0 Å². The van der Waals surface area contributed by atoms with E-state index in [4.69, 9.17) is 9.73 Å². The minimum Gasteiger partial charge on any atom is -0.477 e. The van der Waals surface area contributed by atoms with E-state index in [1.807, 2.05) is 116 Å². The molecule has 3 aromatic rings. The van der Waals surface area contributed by atoms with Crippen molar-refractivity contribution in [3.63, 3.8) is 0 Å². The van der Waals surface area contributed by atoms with Crippen LogP contribution in [0.5, 0.6) is 0 Å². The Morgan fingerprint density at radius 1 is 0.903 bits per heavy atom. The third kappa shape index (κ3) is 3.17. The van der Waals surface area contributed by atoms with Crippen molar-refractivity contribution in [1.29, 1.82) is 0 Å². The zero-order valence-electron chi connectivity index (χ0n) is 19.0. The molecule has 2 aliphatic rings. The van der Waals surface area contributed by atoms with Crippen LogP contribution in [0.4, 0.5) is 0 Å². The van der Waals surface area contributed by atoms with Crippen molar-refractivity contribution in [1.82, 2.24) is 4.67 Å². The van der Waals surface area contributed by atoms with Crippen LogP contribution in [0.1, 0.15) is 33.7 Å². The highest BCUT2D eigenvalue weighted by Gasteiger charge is 2.72. The van der Waals surface area contributed by atoms with Crippen LogP contribution in [0, 0.1) is 0 Å². The van der Waals surface area contributed by atoms with Gasteiger partial charge < -0.3 is 4.74 Å². The topological polar surface area (TPSA) is 41.7 Å². The molecule has 3 aromatic carbocycles. The SMILES string of the molecule is [2H][C@@]1(c2ccccc2)N(P(=O)(c2ccccc2)c2ccccc2)[C@]1(C)C1=NC(C)(C)CO1. The zero-order valence-corrected chi connectivity index (χ0v) is 18.9. The van der Waals surface area contributed by atoms with Gasteiger partial charge in [0, 0.05) is 10.6 Å². The smallest absolute Gasteiger partial charge is 0.208 e. The molecular formula is C26H27N2O2P. The molecule has 0 bridgehead atoms. The monoisotopic (exact) mass is 431 g/mol. The average molecular weight is 431 g/mol. The van der Waals surface area contributed by atoms with Gasteiger partial charge in [0.2, 0.25) is 13.2 Å². The van der Waals surface area contributed by atoms with Crippen molar-refractivity contribution in [3.05, 3.63) is 96.6 Å². The number of hydrogen-bond donors (Lipinski definition) is 0. The van der Waals surface area contributed by atoms with Gasteiger partial charge in [-0.15, -0.1) is 0 Å². The van der Waals surface area contributed by atoms with Gasteiger partial charge in [-0.3, -0.25) is 4.57 Å². The fourth-order valence-electron chi connectivity index (χ4n) is 4.41. The first kappa shape index (κ1) is 19.0. The molecule has 2 heterocycles. The summed E-state index contributed by atoms with van der Waals surface area (Å²) >= 11 is 0. The third-order valence-corrected chi connectivity index (χ3v) is 9.13. The summed E-state index contributed by atoms with van der Waals surface area (Å²) in [4.78, 5) is 4.84. The van der Waals surface area contributed by atoms with E-state index in [9.17, 15) is 1.37 Å². The predicted molar refractivity (Wildman–Crippen MR) is 127 cm³/mol. The summed E-state index contributed by atoms with van der Waals surface area (Å²) in [5.74, 6) is 0.480. The fraction of sp³-hybridized carbons (Fsp3) is 0.269. The lowest BCUT2D eigenvalue weighted by molar-refractivity contribution is 0.267. The largest absolute Gasteiger partial charge is 0.477 e. The lowest BCUT2D eigenvalue weighted by Gasteiger charge is -2.24. The first-order valence-electron chi connectivity index (χ1n) is 11.1. The summed E-state index contributed by atoms with van der Waals surface area (Å²) in [6.07, 6.45) is 0. The second-order valence-corrected chi connectivity index (χ2v) is 11.4. The first-order chi connectivity index (χ1) is 15.2. The van der Waals surface area contributed by atoms with Crippen LogP contribution in [-0.2, 0) is 9.30 Å². The van der Waals surface area contributed by atoms with Gasteiger partial charge in [0.1, 0.15) is 12.1 Å². The van der Waals surface area contributed by atoms with Crippen molar-refractivity contribution in [3.8, 4) is 0 Å². The Hall–Kier alpha value is -2.68. The molecule has 0 radical (unpaired) electrons. The van der Waals surface area contributed by atoms with Crippen LogP contribution in [0.3, 0.4) is 0 Å². The number of hydrogen-bond acceptors (Lipinski definition) is 3. The minimum atomic E-state index is -3.40. The normalized spacial score (nSPS) is 29.6. The Balaban J connectivity index is 1.77. The number of nitrogens with zero attached hydrogens (tertiary/aromatic N) is 2. The highest BCUT2D eigenvalue weighted by molar-refractivity contribution is 7.77. The summed E-state index contributed by atoms with van der Waals surface area (Å²) < 4.78 is 32.8. The summed E-state index contributed by atoms with van der Waals surface area (Å²) in [6, 6.07) is 27.3. The quantitative estimate of drug-likeness (QED) is 0.425. The maximum absolute atomic E-state index is 15.2. The van der Waals surface area contributed by atoms with Gasteiger partial charge in [0.15, 0.2) is 0 Å². The third-order valence-electron chi connectivity index (χ3n) is 5.97. The Morgan fingerprint density at radius 3 is 1.84 bits per heavy atom. The molecular weight excluding hydrogens is 403 g/mol. The van der Waals surface area contributed by atoms with Crippen molar-refractivity contribution in [2.75, 3.05) is 6.61 Å². The number of ether oxygens (including phenoxy) is 1. The first-order valence-corrected chi connectivity index (χ1v) is 12.2. The van der Waals surface area contributed by atoms with E-state index in [2.05, 4.69) is 0 Å². The molecule has 3 atom stereocenters. The molecule has 4 nitrogen and oxygen atoms in total. The van der Waals surface area contributed by atoms with Crippen molar-refractivity contribution < 1.29 is 10.7 Å². The molecule has 0 amide bonds. The average Bonchev–Trinajstić information content (AvgIpc) is 3.12. The van der Waals surface area contributed by atoms with E-state index in [-0.39, 0.29) is 5.54 Å². The number of benzene rings is 3. The molecule has 1 fully saturated rings. The summed E-state index contributed by atoms with van der Waals surface area (Å²) in [6.45, 7) is 6.40. The molecule has 158 valence electrons. The second-order valence-electron chi connectivity index (χ2n) is 8.86. The van der Waals surface area contributed by atoms with E-state index in [1.54, 1.807) is 0 Å². The number of aliphatic imine (C=N–C) groups is 1. The minimum absolute atomic E-state index is 0.381. The zero-order chi connectivity index (χ0) is 22.6. The Bertz CT molecular complexity index is 1170. The highest BCUT2D eigenvalue weighted by atomic mass is 31.2. The van der Waals surface area contributed by atoms with Crippen LogP contribution >= 0.6 is 7.29 Å². The molecule has 0 N–H and O–H groups in total. The summed E-state index contributed by atoms with van der Waals surface area (Å²) in [5, 5.41) is 1.39. The molecule has 0 spiro atoms. The molecule has 0 aliphatic carbocycles. The van der Waals surface area contributed by atoms with Gasteiger partial charge in [-0.1, -0.05) is 66.7 Å². The molecule has 1 unspecified atom stereocenters. The van der Waals surface area contributed by atoms with E-state index >= 15 is 4.57 Å². The van der Waals surface area contributed by atoms with E-state index in [0.717, 1.165) is 5.56 Å². The van der Waals surface area contributed by atoms with Crippen LogP contribution in [0.15, 0.2) is 96.0 Å². The van der Waals surface area contributed by atoms with Crippen molar-refractivity contribution in [2.45, 2.75) is 37.9 Å². The maximum Gasteiger partial charge on any atom is 0.208 e. The van der Waals surface area contributed by atoms with Gasteiger partial charge in [-0.25, -0.2) is 9.66 Å². The Labute approximate surface area is 185 Å². The lowest BCUT2D eigenvalue weighted by Crippen LogP contribution is -2.30. The molecule has 5 heteroatoms. The van der Waals surface area contributed by atoms with Crippen molar-refractivity contribution >= 4 is 23.8 Å². The van der Waals surface area contributed by atoms with E-state index < -0.39 is 18.8 Å². The molecule has 2 aliphatic heterocycles. The summed E-state index contributed by atoms with van der Waals surface area (Å²) in [7, 11) is -3.40.